The molecular formula is C17H24IN3O. The molecule has 1 aromatic carbocycles. The molecule has 1 aliphatic heterocycles. The molecule has 5 heteroatoms. The predicted octanol–water partition coefficient (Wildman–Crippen LogP) is 3.38. The van der Waals surface area contributed by atoms with Gasteiger partial charge in [-0.05, 0) is 31.4 Å². The summed E-state index contributed by atoms with van der Waals surface area (Å²) in [5, 5.41) is 3.21. The second-order valence-electron chi connectivity index (χ2n) is 6.63. The van der Waals surface area contributed by atoms with Crippen molar-refractivity contribution in [2.24, 2.45) is 22.1 Å². The van der Waals surface area contributed by atoms with Gasteiger partial charge >= 0.3 is 0 Å². The summed E-state index contributed by atoms with van der Waals surface area (Å²) in [4.78, 5) is 4.86. The van der Waals surface area contributed by atoms with Crippen LogP contribution in [0.3, 0.4) is 0 Å². The van der Waals surface area contributed by atoms with E-state index >= 15 is 0 Å². The van der Waals surface area contributed by atoms with Crippen molar-refractivity contribution in [3.8, 4) is 0 Å². The first kappa shape index (κ1) is 16.1. The number of halogens is 1. The summed E-state index contributed by atoms with van der Waals surface area (Å²) in [7, 11) is 0. The fourth-order valence-electron chi connectivity index (χ4n) is 4.69. The predicted molar refractivity (Wildman–Crippen MR) is 99.6 cm³/mol. The number of fused-ring (bicyclic) bond motifs is 2. The third-order valence-corrected chi connectivity index (χ3v) is 5.56. The minimum Gasteiger partial charge on any atom is -0.377 e. The van der Waals surface area contributed by atoms with Crippen LogP contribution in [-0.4, -0.2) is 24.7 Å². The van der Waals surface area contributed by atoms with Crippen LogP contribution < -0.4 is 11.1 Å². The van der Waals surface area contributed by atoms with Crippen LogP contribution in [0, 0.1) is 11.3 Å². The molecule has 3 atom stereocenters. The first-order chi connectivity index (χ1) is 10.3. The van der Waals surface area contributed by atoms with Gasteiger partial charge in [-0.3, -0.25) is 0 Å². The molecule has 1 saturated heterocycles. The van der Waals surface area contributed by atoms with Crippen molar-refractivity contribution in [1.82, 2.24) is 0 Å². The van der Waals surface area contributed by atoms with E-state index in [0.29, 0.717) is 24.0 Å². The number of hydrogen-bond acceptors (Lipinski definition) is 2. The van der Waals surface area contributed by atoms with Gasteiger partial charge in [-0.1, -0.05) is 31.0 Å². The molecule has 4 rings (SSSR count). The number of para-hydroxylation sites is 1. The summed E-state index contributed by atoms with van der Waals surface area (Å²) in [6.07, 6.45) is 6.70. The molecule has 120 valence electrons. The third kappa shape index (κ3) is 2.52. The molecule has 22 heavy (non-hydrogen) atoms. The maximum absolute atomic E-state index is 6.15. The zero-order chi connectivity index (χ0) is 14.3. The molecule has 0 amide bonds. The molecule has 3 aliphatic rings. The van der Waals surface area contributed by atoms with Gasteiger partial charge in [-0.15, -0.1) is 24.0 Å². The summed E-state index contributed by atoms with van der Waals surface area (Å²) in [6.45, 7) is 0.898. The Morgan fingerprint density at radius 1 is 1.23 bits per heavy atom. The van der Waals surface area contributed by atoms with Crippen LogP contribution in [0.4, 0.5) is 5.69 Å². The quantitative estimate of drug-likeness (QED) is 0.444. The summed E-state index contributed by atoms with van der Waals surface area (Å²) >= 11 is 0. The van der Waals surface area contributed by atoms with Crippen LogP contribution in [0.25, 0.3) is 0 Å². The molecular weight excluding hydrogens is 389 g/mol. The number of nitrogens with one attached hydrogen (secondary N) is 1. The van der Waals surface area contributed by atoms with Crippen molar-refractivity contribution in [2.45, 2.75) is 44.2 Å². The molecule has 0 radical (unpaired) electrons. The summed E-state index contributed by atoms with van der Waals surface area (Å²) in [5.41, 5.74) is 7.43. The van der Waals surface area contributed by atoms with Crippen molar-refractivity contribution < 1.29 is 4.74 Å². The topological polar surface area (TPSA) is 59.6 Å². The number of hydrogen-bond donors (Lipinski definition) is 2. The van der Waals surface area contributed by atoms with Gasteiger partial charge in [0, 0.05) is 23.6 Å². The monoisotopic (exact) mass is 413 g/mol. The van der Waals surface area contributed by atoms with Crippen LogP contribution in [0.1, 0.15) is 32.1 Å². The fourth-order valence-corrected chi connectivity index (χ4v) is 4.69. The SMILES string of the molecule is I.NC(=NC1C2CCOC2C12CCCC2)Nc1ccccc1. The number of guanidine groups is 1. The highest BCUT2D eigenvalue weighted by Gasteiger charge is 2.65. The second-order valence-corrected chi connectivity index (χ2v) is 6.63. The zero-order valence-corrected chi connectivity index (χ0v) is 15.0. The normalized spacial score (nSPS) is 32.2. The first-order valence-corrected chi connectivity index (χ1v) is 8.06. The Bertz CT molecular complexity index is 542. The highest BCUT2D eigenvalue weighted by molar-refractivity contribution is 14.0. The van der Waals surface area contributed by atoms with E-state index in [0.717, 1.165) is 18.7 Å². The molecule has 1 aromatic rings. The molecule has 4 nitrogen and oxygen atoms in total. The molecule has 0 bridgehead atoms. The lowest BCUT2D eigenvalue weighted by Crippen LogP contribution is -2.61. The summed E-state index contributed by atoms with van der Waals surface area (Å²) in [5.74, 6) is 1.13. The van der Waals surface area contributed by atoms with E-state index in [2.05, 4.69) is 5.32 Å². The van der Waals surface area contributed by atoms with E-state index in [4.69, 9.17) is 15.5 Å². The van der Waals surface area contributed by atoms with Gasteiger partial charge in [-0.25, -0.2) is 4.99 Å². The number of benzene rings is 1. The molecule has 3 unspecified atom stereocenters. The molecule has 3 fully saturated rings. The van der Waals surface area contributed by atoms with Gasteiger partial charge < -0.3 is 15.8 Å². The van der Waals surface area contributed by atoms with E-state index in [1.54, 1.807) is 0 Å². The van der Waals surface area contributed by atoms with Crippen molar-refractivity contribution in [1.29, 1.82) is 0 Å². The molecule has 0 aromatic heterocycles. The van der Waals surface area contributed by atoms with E-state index in [1.807, 2.05) is 30.3 Å². The lowest BCUT2D eigenvalue weighted by molar-refractivity contribution is -0.117. The Hall–Kier alpha value is -0.820. The van der Waals surface area contributed by atoms with Crippen molar-refractivity contribution >= 4 is 35.6 Å². The lowest BCUT2D eigenvalue weighted by atomic mass is 9.54. The highest BCUT2D eigenvalue weighted by Crippen LogP contribution is 2.62. The van der Waals surface area contributed by atoms with E-state index in [9.17, 15) is 0 Å². The average Bonchev–Trinajstić information content (AvgIpc) is 3.14. The molecule has 1 spiro atoms. The van der Waals surface area contributed by atoms with Crippen molar-refractivity contribution in [3.05, 3.63) is 30.3 Å². The van der Waals surface area contributed by atoms with E-state index in [-0.39, 0.29) is 29.4 Å². The van der Waals surface area contributed by atoms with Crippen LogP contribution in [0.2, 0.25) is 0 Å². The van der Waals surface area contributed by atoms with Gasteiger partial charge in [0.15, 0.2) is 5.96 Å². The van der Waals surface area contributed by atoms with Gasteiger partial charge in [0.1, 0.15) is 0 Å². The number of nitrogens with two attached hydrogens (primary N) is 1. The lowest BCUT2D eigenvalue weighted by Gasteiger charge is -2.54. The van der Waals surface area contributed by atoms with Gasteiger partial charge in [0.05, 0.1) is 12.1 Å². The van der Waals surface area contributed by atoms with Crippen molar-refractivity contribution in [2.75, 3.05) is 11.9 Å². The maximum Gasteiger partial charge on any atom is 0.193 e. The van der Waals surface area contributed by atoms with Crippen LogP contribution >= 0.6 is 24.0 Å². The Labute approximate surface area is 148 Å². The number of nitrogens with zero attached hydrogens (tertiary/aromatic N) is 1. The standard InChI is InChI=1S/C17H23N3O.HI/c18-16(19-12-6-2-1-3-7-12)20-14-13-8-11-21-15(13)17(14)9-4-5-10-17;/h1-3,6-7,13-15H,4-5,8-11H2,(H3,18,19,20);1H. The maximum atomic E-state index is 6.15. The Morgan fingerprint density at radius 3 is 2.68 bits per heavy atom. The molecule has 2 aliphatic carbocycles. The Kier molecular flexibility index (Phi) is 4.64. The van der Waals surface area contributed by atoms with Crippen LogP contribution in [0.15, 0.2) is 35.3 Å². The van der Waals surface area contributed by atoms with Crippen LogP contribution in [0.5, 0.6) is 0 Å². The third-order valence-electron chi connectivity index (χ3n) is 5.56. The van der Waals surface area contributed by atoms with E-state index < -0.39 is 0 Å². The number of aliphatic imine (C=N–C) groups is 1. The minimum atomic E-state index is 0. The number of anilines is 1. The summed E-state index contributed by atoms with van der Waals surface area (Å²) < 4.78 is 5.99. The smallest absolute Gasteiger partial charge is 0.193 e. The zero-order valence-electron chi connectivity index (χ0n) is 12.7. The van der Waals surface area contributed by atoms with Gasteiger partial charge in [0.2, 0.25) is 0 Å². The number of rotatable bonds is 2. The first-order valence-electron chi connectivity index (χ1n) is 8.06. The number of ether oxygens (including phenoxy) is 1. The van der Waals surface area contributed by atoms with Crippen LogP contribution in [-0.2, 0) is 4.74 Å². The van der Waals surface area contributed by atoms with Crippen molar-refractivity contribution in [3.63, 3.8) is 0 Å². The van der Waals surface area contributed by atoms with Gasteiger partial charge in [0.25, 0.3) is 0 Å². The Morgan fingerprint density at radius 2 is 1.95 bits per heavy atom. The minimum absolute atomic E-state index is 0. The Balaban J connectivity index is 0.00000144. The average molecular weight is 413 g/mol. The molecule has 1 heterocycles. The molecule has 2 saturated carbocycles. The van der Waals surface area contributed by atoms with E-state index in [1.165, 1.54) is 25.7 Å². The highest BCUT2D eigenvalue weighted by atomic mass is 127. The summed E-state index contributed by atoms with van der Waals surface area (Å²) in [6, 6.07) is 10.4. The largest absolute Gasteiger partial charge is 0.377 e. The second kappa shape index (κ2) is 6.35. The fraction of sp³-hybridized carbons (Fsp3) is 0.588. The molecule has 3 N–H and O–H groups in total. The van der Waals surface area contributed by atoms with Gasteiger partial charge in [-0.2, -0.15) is 0 Å².